The summed E-state index contributed by atoms with van der Waals surface area (Å²) in [5.74, 6) is 0.803. The van der Waals surface area contributed by atoms with Gasteiger partial charge in [-0.1, -0.05) is 0 Å². The van der Waals surface area contributed by atoms with Gasteiger partial charge in [-0.2, -0.15) is 11.8 Å². The highest BCUT2D eigenvalue weighted by Gasteiger charge is 2.16. The van der Waals surface area contributed by atoms with Gasteiger partial charge in [-0.3, -0.25) is 4.79 Å². The van der Waals surface area contributed by atoms with Crippen LogP contribution in [-0.4, -0.2) is 37.0 Å². The van der Waals surface area contributed by atoms with Crippen molar-refractivity contribution in [3.8, 4) is 0 Å². The van der Waals surface area contributed by atoms with Crippen molar-refractivity contribution in [3.05, 3.63) is 0 Å². The van der Waals surface area contributed by atoms with E-state index in [1.165, 1.54) is 6.42 Å². The van der Waals surface area contributed by atoms with Gasteiger partial charge in [0.15, 0.2) is 0 Å². The van der Waals surface area contributed by atoms with Crippen molar-refractivity contribution < 1.29 is 4.79 Å². The van der Waals surface area contributed by atoms with Crippen molar-refractivity contribution >= 4 is 30.1 Å². The molecule has 14 heavy (non-hydrogen) atoms. The Labute approximate surface area is 96.2 Å². The normalized spacial score (nSPS) is 22.6. The fourth-order valence-electron chi connectivity index (χ4n) is 1.38. The molecule has 0 bridgehead atoms. The molecule has 0 aromatic carbocycles. The summed E-state index contributed by atoms with van der Waals surface area (Å²) >= 11 is 1.59. The maximum absolute atomic E-state index is 11.4. The number of carbonyl (C=O) groups is 1. The first-order valence-electron chi connectivity index (χ1n) is 4.75. The van der Waals surface area contributed by atoms with Crippen LogP contribution in [-0.2, 0) is 4.79 Å². The second-order valence-electron chi connectivity index (χ2n) is 3.48. The number of halogens is 1. The van der Waals surface area contributed by atoms with Gasteiger partial charge < -0.3 is 10.6 Å². The molecule has 1 aliphatic rings. The molecule has 1 saturated heterocycles. The SMILES string of the molecule is CSC(C)C(=O)NCC1CCNC1.Cl. The maximum Gasteiger partial charge on any atom is 0.232 e. The third kappa shape index (κ3) is 4.53. The van der Waals surface area contributed by atoms with Crippen LogP contribution in [0.2, 0.25) is 0 Å². The van der Waals surface area contributed by atoms with Gasteiger partial charge in [0.2, 0.25) is 5.91 Å². The van der Waals surface area contributed by atoms with E-state index in [0.717, 1.165) is 19.6 Å². The van der Waals surface area contributed by atoms with Crippen LogP contribution in [0.5, 0.6) is 0 Å². The minimum Gasteiger partial charge on any atom is -0.355 e. The Balaban J connectivity index is 0.00000169. The Morgan fingerprint density at radius 2 is 2.43 bits per heavy atom. The van der Waals surface area contributed by atoms with E-state index in [2.05, 4.69) is 10.6 Å². The Morgan fingerprint density at radius 1 is 1.71 bits per heavy atom. The van der Waals surface area contributed by atoms with Crippen LogP contribution in [0.4, 0.5) is 0 Å². The van der Waals surface area contributed by atoms with Crippen molar-refractivity contribution in [2.75, 3.05) is 25.9 Å². The lowest BCUT2D eigenvalue weighted by Gasteiger charge is -2.12. The van der Waals surface area contributed by atoms with E-state index in [-0.39, 0.29) is 23.6 Å². The molecule has 0 spiro atoms. The second-order valence-corrected chi connectivity index (χ2v) is 4.66. The molecule has 2 N–H and O–H groups in total. The van der Waals surface area contributed by atoms with Crippen molar-refractivity contribution in [1.82, 2.24) is 10.6 Å². The van der Waals surface area contributed by atoms with E-state index >= 15 is 0 Å². The monoisotopic (exact) mass is 238 g/mol. The van der Waals surface area contributed by atoms with Gasteiger partial charge in [-0.15, -0.1) is 12.4 Å². The molecule has 1 rings (SSSR count). The van der Waals surface area contributed by atoms with Crippen molar-refractivity contribution in [2.24, 2.45) is 5.92 Å². The van der Waals surface area contributed by atoms with Crippen LogP contribution in [0, 0.1) is 5.92 Å². The van der Waals surface area contributed by atoms with Crippen LogP contribution in [0.25, 0.3) is 0 Å². The molecule has 0 saturated carbocycles. The highest BCUT2D eigenvalue weighted by atomic mass is 35.5. The lowest BCUT2D eigenvalue weighted by molar-refractivity contribution is -0.120. The molecular formula is C9H19ClN2OS. The molecule has 84 valence electrons. The number of hydrogen-bond donors (Lipinski definition) is 2. The zero-order valence-corrected chi connectivity index (χ0v) is 10.3. The van der Waals surface area contributed by atoms with E-state index in [1.54, 1.807) is 11.8 Å². The summed E-state index contributed by atoms with van der Waals surface area (Å²) in [6, 6.07) is 0. The Bertz CT molecular complexity index is 174. The molecule has 1 heterocycles. The maximum atomic E-state index is 11.4. The highest BCUT2D eigenvalue weighted by Crippen LogP contribution is 2.07. The predicted octanol–water partition coefficient (Wildman–Crippen LogP) is 0.885. The quantitative estimate of drug-likeness (QED) is 0.764. The van der Waals surface area contributed by atoms with E-state index in [9.17, 15) is 4.79 Å². The fraction of sp³-hybridized carbons (Fsp3) is 0.889. The molecule has 0 aromatic rings. The number of rotatable bonds is 4. The summed E-state index contributed by atoms with van der Waals surface area (Å²) in [5.41, 5.74) is 0. The molecule has 2 atom stereocenters. The first-order valence-corrected chi connectivity index (χ1v) is 6.04. The van der Waals surface area contributed by atoms with Gasteiger partial charge in [-0.25, -0.2) is 0 Å². The van der Waals surface area contributed by atoms with Gasteiger partial charge in [-0.05, 0) is 38.6 Å². The number of hydrogen-bond acceptors (Lipinski definition) is 3. The Kier molecular flexibility index (Phi) is 7.41. The van der Waals surface area contributed by atoms with E-state index < -0.39 is 0 Å². The van der Waals surface area contributed by atoms with Gasteiger partial charge in [0.05, 0.1) is 5.25 Å². The molecule has 1 aliphatic heterocycles. The molecule has 3 nitrogen and oxygen atoms in total. The van der Waals surface area contributed by atoms with E-state index in [4.69, 9.17) is 0 Å². The van der Waals surface area contributed by atoms with Crippen molar-refractivity contribution in [1.29, 1.82) is 0 Å². The zero-order chi connectivity index (χ0) is 9.68. The Hall–Kier alpha value is 0.0700. The van der Waals surface area contributed by atoms with Crippen LogP contribution in [0.3, 0.4) is 0 Å². The molecular weight excluding hydrogens is 220 g/mol. The van der Waals surface area contributed by atoms with Gasteiger partial charge in [0.1, 0.15) is 0 Å². The van der Waals surface area contributed by atoms with E-state index in [1.807, 2.05) is 13.2 Å². The smallest absolute Gasteiger partial charge is 0.232 e. The van der Waals surface area contributed by atoms with Crippen molar-refractivity contribution in [3.63, 3.8) is 0 Å². The molecule has 0 aromatic heterocycles. The predicted molar refractivity (Wildman–Crippen MR) is 64.2 cm³/mol. The summed E-state index contributed by atoms with van der Waals surface area (Å²) in [6.45, 7) is 4.91. The molecule has 2 unspecified atom stereocenters. The topological polar surface area (TPSA) is 41.1 Å². The molecule has 0 radical (unpaired) electrons. The lowest BCUT2D eigenvalue weighted by Crippen LogP contribution is -2.35. The van der Waals surface area contributed by atoms with Gasteiger partial charge in [0.25, 0.3) is 0 Å². The minimum absolute atomic E-state index is 0. The van der Waals surface area contributed by atoms with Crippen molar-refractivity contribution in [2.45, 2.75) is 18.6 Å². The molecule has 5 heteroatoms. The molecule has 0 aliphatic carbocycles. The lowest BCUT2D eigenvalue weighted by atomic mass is 10.1. The standard InChI is InChI=1S/C9H18N2OS.ClH/c1-7(13-2)9(12)11-6-8-3-4-10-5-8;/h7-8,10H,3-6H2,1-2H3,(H,11,12);1H. The fourth-order valence-corrected chi connectivity index (χ4v) is 1.68. The number of carbonyl (C=O) groups excluding carboxylic acids is 1. The average molecular weight is 239 g/mol. The van der Waals surface area contributed by atoms with Crippen LogP contribution in [0.1, 0.15) is 13.3 Å². The van der Waals surface area contributed by atoms with Crippen LogP contribution < -0.4 is 10.6 Å². The molecule has 1 fully saturated rings. The first-order chi connectivity index (χ1) is 6.24. The van der Waals surface area contributed by atoms with Crippen LogP contribution >= 0.6 is 24.2 Å². The summed E-state index contributed by atoms with van der Waals surface area (Å²) in [4.78, 5) is 11.4. The summed E-state index contributed by atoms with van der Waals surface area (Å²) in [5, 5.41) is 6.34. The first kappa shape index (κ1) is 14.1. The minimum atomic E-state index is 0. The summed E-state index contributed by atoms with van der Waals surface area (Å²) < 4.78 is 0. The highest BCUT2D eigenvalue weighted by molar-refractivity contribution is 7.99. The third-order valence-corrected chi connectivity index (χ3v) is 3.37. The van der Waals surface area contributed by atoms with E-state index in [0.29, 0.717) is 5.92 Å². The molecule has 1 amide bonds. The number of amides is 1. The average Bonchev–Trinajstić information content (AvgIpc) is 2.65. The number of thioether (sulfide) groups is 1. The zero-order valence-electron chi connectivity index (χ0n) is 8.71. The largest absolute Gasteiger partial charge is 0.355 e. The summed E-state index contributed by atoms with van der Waals surface area (Å²) in [6.07, 6.45) is 3.15. The second kappa shape index (κ2) is 7.37. The number of nitrogens with one attached hydrogen (secondary N) is 2. The Morgan fingerprint density at radius 3 is 2.93 bits per heavy atom. The third-order valence-electron chi connectivity index (χ3n) is 2.45. The van der Waals surface area contributed by atoms with Crippen LogP contribution in [0.15, 0.2) is 0 Å². The van der Waals surface area contributed by atoms with Gasteiger partial charge in [0, 0.05) is 6.54 Å². The summed E-state index contributed by atoms with van der Waals surface area (Å²) in [7, 11) is 0. The van der Waals surface area contributed by atoms with Gasteiger partial charge >= 0.3 is 0 Å².